The number of oxime groups is 1. The van der Waals surface area contributed by atoms with Crippen LogP contribution in [0.15, 0.2) is 29.4 Å². The number of anilines is 1. The Morgan fingerprint density at radius 2 is 2.29 bits per heavy atom. The highest BCUT2D eigenvalue weighted by Gasteiger charge is 2.25. The highest BCUT2D eigenvalue weighted by molar-refractivity contribution is 5.93. The summed E-state index contributed by atoms with van der Waals surface area (Å²) < 4.78 is 13.5. The highest BCUT2D eigenvalue weighted by Crippen LogP contribution is 2.18. The third-order valence-corrected chi connectivity index (χ3v) is 3.77. The zero-order chi connectivity index (χ0) is 15.2. The van der Waals surface area contributed by atoms with Gasteiger partial charge in [-0.05, 0) is 18.6 Å². The van der Waals surface area contributed by atoms with Gasteiger partial charge in [-0.25, -0.2) is 4.39 Å². The first-order valence-corrected chi connectivity index (χ1v) is 7.11. The average molecular weight is 293 g/mol. The lowest BCUT2D eigenvalue weighted by atomic mass is 9.93. The Hall–Kier alpha value is -1.95. The third-order valence-electron chi connectivity index (χ3n) is 3.77. The van der Waals surface area contributed by atoms with Crippen LogP contribution in [0.5, 0.6) is 0 Å². The van der Waals surface area contributed by atoms with Crippen molar-refractivity contribution in [2.24, 2.45) is 11.1 Å². The Balaban J connectivity index is 1.90. The predicted octanol–water partition coefficient (Wildman–Crippen LogP) is 2.33. The van der Waals surface area contributed by atoms with Crippen molar-refractivity contribution >= 4 is 17.3 Å². The van der Waals surface area contributed by atoms with Gasteiger partial charge in [0.15, 0.2) is 0 Å². The Labute approximate surface area is 123 Å². The first kappa shape index (κ1) is 15.4. The molecule has 0 radical (unpaired) electrons. The summed E-state index contributed by atoms with van der Waals surface area (Å²) in [6.45, 7) is 3.59. The fraction of sp³-hybridized carbons (Fsp3) is 0.467. The van der Waals surface area contributed by atoms with Gasteiger partial charge in [-0.1, -0.05) is 24.2 Å². The number of halogens is 1. The van der Waals surface area contributed by atoms with Gasteiger partial charge in [0.25, 0.3) is 0 Å². The predicted molar refractivity (Wildman–Crippen MR) is 79.1 cm³/mol. The summed E-state index contributed by atoms with van der Waals surface area (Å²) in [5.74, 6) is -0.505. The van der Waals surface area contributed by atoms with Crippen molar-refractivity contribution in [2.45, 2.75) is 19.8 Å². The molecule has 1 aromatic carbocycles. The van der Waals surface area contributed by atoms with Crippen LogP contribution in [0.4, 0.5) is 10.1 Å². The summed E-state index contributed by atoms with van der Waals surface area (Å²) >= 11 is 0. The lowest BCUT2D eigenvalue weighted by Gasteiger charge is -2.32. The van der Waals surface area contributed by atoms with Crippen LogP contribution >= 0.6 is 0 Å². The summed E-state index contributed by atoms with van der Waals surface area (Å²) in [5, 5.41) is 14.8. The van der Waals surface area contributed by atoms with E-state index in [1.54, 1.807) is 12.1 Å². The fourth-order valence-electron chi connectivity index (χ4n) is 2.58. The molecule has 2 rings (SSSR count). The number of hydrogen-bond acceptors (Lipinski definition) is 4. The fourth-order valence-corrected chi connectivity index (χ4v) is 2.58. The van der Waals surface area contributed by atoms with Gasteiger partial charge >= 0.3 is 0 Å². The zero-order valence-electron chi connectivity index (χ0n) is 12.1. The number of nitrogens with one attached hydrogen (secondary N) is 1. The van der Waals surface area contributed by atoms with E-state index in [9.17, 15) is 9.18 Å². The quantitative estimate of drug-likeness (QED) is 0.661. The Kier molecular flexibility index (Phi) is 5.27. The van der Waals surface area contributed by atoms with E-state index < -0.39 is 5.82 Å². The van der Waals surface area contributed by atoms with Crippen molar-refractivity contribution < 1.29 is 14.4 Å². The topological polar surface area (TPSA) is 64.9 Å². The first-order valence-electron chi connectivity index (χ1n) is 7.11. The summed E-state index contributed by atoms with van der Waals surface area (Å²) in [4.78, 5) is 14.0. The van der Waals surface area contributed by atoms with Crippen LogP contribution in [0, 0.1) is 11.7 Å². The maximum Gasteiger partial charge on any atom is 0.238 e. The number of nitrogens with zero attached hydrogens (tertiary/aromatic N) is 2. The maximum absolute atomic E-state index is 13.5. The molecule has 21 heavy (non-hydrogen) atoms. The maximum atomic E-state index is 13.5. The molecule has 1 aromatic rings. The van der Waals surface area contributed by atoms with Crippen molar-refractivity contribution in [2.75, 3.05) is 25.0 Å². The second-order valence-electron chi connectivity index (χ2n) is 5.21. The Morgan fingerprint density at radius 3 is 2.95 bits per heavy atom. The second-order valence-corrected chi connectivity index (χ2v) is 5.21. The summed E-state index contributed by atoms with van der Waals surface area (Å²) in [6, 6.07) is 6.11. The van der Waals surface area contributed by atoms with E-state index in [4.69, 9.17) is 5.21 Å². The van der Waals surface area contributed by atoms with E-state index in [0.29, 0.717) is 19.5 Å². The van der Waals surface area contributed by atoms with Crippen molar-refractivity contribution in [1.29, 1.82) is 0 Å². The van der Waals surface area contributed by atoms with E-state index >= 15 is 0 Å². The van der Waals surface area contributed by atoms with Gasteiger partial charge in [-0.3, -0.25) is 9.69 Å². The van der Waals surface area contributed by atoms with Crippen LogP contribution in [0.25, 0.3) is 0 Å². The number of hydrogen-bond donors (Lipinski definition) is 2. The van der Waals surface area contributed by atoms with Gasteiger partial charge in [0.05, 0.1) is 17.9 Å². The van der Waals surface area contributed by atoms with Crippen LogP contribution in [0.1, 0.15) is 19.8 Å². The van der Waals surface area contributed by atoms with E-state index in [1.807, 2.05) is 11.8 Å². The minimum Gasteiger partial charge on any atom is -0.411 e. The molecule has 6 heteroatoms. The molecule has 0 saturated carbocycles. The molecular formula is C15H20FN3O2. The molecular weight excluding hydrogens is 273 g/mol. The van der Waals surface area contributed by atoms with E-state index in [1.165, 1.54) is 12.1 Å². The second kappa shape index (κ2) is 7.17. The van der Waals surface area contributed by atoms with Crippen molar-refractivity contribution in [3.05, 3.63) is 30.1 Å². The molecule has 0 spiro atoms. The molecule has 1 atom stereocenters. The number of carbonyl (C=O) groups excluding carboxylic acids is 1. The third kappa shape index (κ3) is 4.01. The molecule has 5 nitrogen and oxygen atoms in total. The van der Waals surface area contributed by atoms with Gasteiger partial charge in [-0.2, -0.15) is 0 Å². The Morgan fingerprint density at radius 1 is 1.52 bits per heavy atom. The summed E-state index contributed by atoms with van der Waals surface area (Å²) in [6.07, 6.45) is 1.52. The lowest BCUT2D eigenvalue weighted by Crippen LogP contribution is -2.44. The van der Waals surface area contributed by atoms with Crippen molar-refractivity contribution in [3.8, 4) is 0 Å². The molecule has 0 bridgehead atoms. The van der Waals surface area contributed by atoms with Crippen LogP contribution in [0.3, 0.4) is 0 Å². The van der Waals surface area contributed by atoms with Crippen molar-refractivity contribution in [3.63, 3.8) is 0 Å². The molecule has 1 amide bonds. The first-order chi connectivity index (χ1) is 10.1. The number of rotatable bonds is 4. The van der Waals surface area contributed by atoms with Crippen LogP contribution in [-0.2, 0) is 4.79 Å². The SMILES string of the molecule is CCC1CN(CC(=O)Nc2ccccc2F)CC/C1=N\O. The summed E-state index contributed by atoms with van der Waals surface area (Å²) in [7, 11) is 0. The summed E-state index contributed by atoms with van der Waals surface area (Å²) in [5.41, 5.74) is 0.993. The minimum absolute atomic E-state index is 0.171. The molecule has 1 unspecified atom stereocenters. The van der Waals surface area contributed by atoms with Gasteiger partial charge in [0, 0.05) is 25.4 Å². The average Bonchev–Trinajstić information content (AvgIpc) is 2.49. The number of carbonyl (C=O) groups is 1. The van der Waals surface area contributed by atoms with Gasteiger partial charge in [-0.15, -0.1) is 0 Å². The van der Waals surface area contributed by atoms with Crippen LogP contribution in [-0.4, -0.2) is 41.4 Å². The monoisotopic (exact) mass is 293 g/mol. The van der Waals surface area contributed by atoms with Gasteiger partial charge in [0.2, 0.25) is 5.91 Å². The number of piperidine rings is 1. The Bertz CT molecular complexity index is 533. The molecule has 114 valence electrons. The van der Waals surface area contributed by atoms with E-state index in [0.717, 1.165) is 12.1 Å². The zero-order valence-corrected chi connectivity index (χ0v) is 12.1. The number of likely N-dealkylation sites (tertiary alicyclic amines) is 1. The smallest absolute Gasteiger partial charge is 0.238 e. The normalized spacial score (nSPS) is 21.4. The number of para-hydroxylation sites is 1. The highest BCUT2D eigenvalue weighted by atomic mass is 19.1. The van der Waals surface area contributed by atoms with Crippen LogP contribution in [0.2, 0.25) is 0 Å². The molecule has 1 aliphatic rings. The standard InChI is InChI=1S/C15H20FN3O2/c1-2-11-9-19(8-7-13(11)18-21)10-15(20)17-14-6-4-3-5-12(14)16/h3-6,11,21H,2,7-10H2,1H3,(H,17,20)/b18-13+. The van der Waals surface area contributed by atoms with Crippen LogP contribution < -0.4 is 5.32 Å². The largest absolute Gasteiger partial charge is 0.411 e. The molecule has 2 N–H and O–H groups in total. The number of amides is 1. The molecule has 0 aromatic heterocycles. The molecule has 0 aliphatic carbocycles. The minimum atomic E-state index is -0.439. The van der Waals surface area contributed by atoms with E-state index in [-0.39, 0.29) is 24.1 Å². The molecule has 1 aliphatic heterocycles. The number of benzene rings is 1. The molecule has 1 heterocycles. The molecule has 1 saturated heterocycles. The molecule has 1 fully saturated rings. The lowest BCUT2D eigenvalue weighted by molar-refractivity contribution is -0.117. The van der Waals surface area contributed by atoms with E-state index in [2.05, 4.69) is 10.5 Å². The van der Waals surface area contributed by atoms with Crippen molar-refractivity contribution in [1.82, 2.24) is 4.90 Å². The van der Waals surface area contributed by atoms with Gasteiger partial charge < -0.3 is 10.5 Å². The van der Waals surface area contributed by atoms with Gasteiger partial charge in [0.1, 0.15) is 5.82 Å².